The number of thiophene rings is 1. The molecule has 0 radical (unpaired) electrons. The van der Waals surface area contributed by atoms with Gasteiger partial charge in [0.15, 0.2) is 0 Å². The van der Waals surface area contributed by atoms with Crippen LogP contribution in [-0.4, -0.2) is 5.91 Å². The molecule has 100 valence electrons. The number of anilines is 1. The molecule has 0 aliphatic heterocycles. The number of benzene rings is 1. The summed E-state index contributed by atoms with van der Waals surface area (Å²) in [6.45, 7) is 3.07. The second-order valence-electron chi connectivity index (χ2n) is 4.15. The zero-order valence-electron chi connectivity index (χ0n) is 10.6. The van der Waals surface area contributed by atoms with Gasteiger partial charge in [-0.25, -0.2) is 0 Å². The SMILES string of the molecule is CC(=O)Nc1ccccc1CNCc1ccc(Br)s1. The lowest BCUT2D eigenvalue weighted by molar-refractivity contribution is -0.114. The van der Waals surface area contributed by atoms with E-state index >= 15 is 0 Å². The van der Waals surface area contributed by atoms with Gasteiger partial charge in [0.2, 0.25) is 5.91 Å². The second kappa shape index (κ2) is 6.84. The van der Waals surface area contributed by atoms with Gasteiger partial charge in [-0.15, -0.1) is 11.3 Å². The van der Waals surface area contributed by atoms with Gasteiger partial charge >= 0.3 is 0 Å². The summed E-state index contributed by atoms with van der Waals surface area (Å²) < 4.78 is 1.14. The summed E-state index contributed by atoms with van der Waals surface area (Å²) in [6, 6.07) is 12.0. The number of hydrogen-bond acceptors (Lipinski definition) is 3. The highest BCUT2D eigenvalue weighted by atomic mass is 79.9. The predicted molar refractivity (Wildman–Crippen MR) is 83.3 cm³/mol. The number of nitrogens with one attached hydrogen (secondary N) is 2. The Kier molecular flexibility index (Phi) is 5.13. The quantitative estimate of drug-likeness (QED) is 0.871. The largest absolute Gasteiger partial charge is 0.326 e. The van der Waals surface area contributed by atoms with Gasteiger partial charge in [-0.2, -0.15) is 0 Å². The van der Waals surface area contributed by atoms with Crippen molar-refractivity contribution in [3.63, 3.8) is 0 Å². The maximum absolute atomic E-state index is 11.1. The fraction of sp³-hybridized carbons (Fsp3) is 0.214. The average molecular weight is 339 g/mol. The van der Waals surface area contributed by atoms with Gasteiger partial charge in [-0.1, -0.05) is 18.2 Å². The number of carbonyl (C=O) groups excluding carboxylic acids is 1. The molecule has 0 fully saturated rings. The van der Waals surface area contributed by atoms with E-state index in [1.165, 1.54) is 11.8 Å². The van der Waals surface area contributed by atoms with E-state index < -0.39 is 0 Å². The Labute approximate surface area is 125 Å². The Balaban J connectivity index is 1.93. The highest BCUT2D eigenvalue weighted by molar-refractivity contribution is 9.11. The first-order chi connectivity index (χ1) is 9.15. The molecule has 2 rings (SSSR count). The average Bonchev–Trinajstić information content (AvgIpc) is 2.77. The first-order valence-electron chi connectivity index (χ1n) is 5.95. The number of carbonyl (C=O) groups is 1. The van der Waals surface area contributed by atoms with Gasteiger partial charge in [0.1, 0.15) is 0 Å². The number of rotatable bonds is 5. The summed E-state index contributed by atoms with van der Waals surface area (Å²) in [7, 11) is 0. The van der Waals surface area contributed by atoms with Crippen LogP contribution in [0.3, 0.4) is 0 Å². The highest BCUT2D eigenvalue weighted by Gasteiger charge is 2.03. The molecule has 0 aliphatic carbocycles. The second-order valence-corrected chi connectivity index (χ2v) is 6.70. The number of para-hydroxylation sites is 1. The van der Waals surface area contributed by atoms with Crippen molar-refractivity contribution in [3.8, 4) is 0 Å². The summed E-state index contributed by atoms with van der Waals surface area (Å²) in [6.07, 6.45) is 0. The topological polar surface area (TPSA) is 41.1 Å². The monoisotopic (exact) mass is 338 g/mol. The summed E-state index contributed by atoms with van der Waals surface area (Å²) >= 11 is 5.17. The van der Waals surface area contributed by atoms with Crippen LogP contribution < -0.4 is 10.6 Å². The molecule has 19 heavy (non-hydrogen) atoms. The van der Waals surface area contributed by atoms with Crippen LogP contribution >= 0.6 is 27.3 Å². The third kappa shape index (κ3) is 4.45. The summed E-state index contributed by atoms with van der Waals surface area (Å²) in [5, 5.41) is 6.23. The van der Waals surface area contributed by atoms with Crippen molar-refractivity contribution < 1.29 is 4.79 Å². The van der Waals surface area contributed by atoms with Crippen LogP contribution in [0.5, 0.6) is 0 Å². The van der Waals surface area contributed by atoms with Gasteiger partial charge in [0.25, 0.3) is 0 Å². The number of amides is 1. The van der Waals surface area contributed by atoms with Crippen molar-refractivity contribution >= 4 is 38.9 Å². The third-order valence-electron chi connectivity index (χ3n) is 2.57. The lowest BCUT2D eigenvalue weighted by Crippen LogP contribution is -2.15. The van der Waals surface area contributed by atoms with Crippen molar-refractivity contribution in [2.24, 2.45) is 0 Å². The summed E-state index contributed by atoms with van der Waals surface area (Å²) in [4.78, 5) is 12.4. The normalized spacial score (nSPS) is 10.4. The van der Waals surface area contributed by atoms with Crippen molar-refractivity contribution in [3.05, 3.63) is 50.6 Å². The zero-order chi connectivity index (χ0) is 13.7. The fourth-order valence-electron chi connectivity index (χ4n) is 1.75. The minimum absolute atomic E-state index is 0.0466. The van der Waals surface area contributed by atoms with Gasteiger partial charge in [0.05, 0.1) is 3.79 Å². The molecule has 2 aromatic rings. The van der Waals surface area contributed by atoms with Crippen LogP contribution in [0.25, 0.3) is 0 Å². The highest BCUT2D eigenvalue weighted by Crippen LogP contribution is 2.22. The van der Waals surface area contributed by atoms with E-state index in [2.05, 4.69) is 32.6 Å². The Bertz CT molecular complexity index is 568. The maximum atomic E-state index is 11.1. The first-order valence-corrected chi connectivity index (χ1v) is 7.56. The van der Waals surface area contributed by atoms with Gasteiger partial charge in [-0.3, -0.25) is 4.79 Å². The summed E-state index contributed by atoms with van der Waals surface area (Å²) in [5.74, 6) is -0.0466. The molecule has 0 spiro atoms. The predicted octanol–water partition coefficient (Wildman–Crippen LogP) is 3.76. The molecule has 1 heterocycles. The van der Waals surface area contributed by atoms with Gasteiger partial charge in [0, 0.05) is 30.6 Å². The molecule has 0 atom stereocenters. The van der Waals surface area contributed by atoms with Crippen LogP contribution in [0.1, 0.15) is 17.4 Å². The van der Waals surface area contributed by atoms with Crippen molar-refractivity contribution in [1.29, 1.82) is 0 Å². The lowest BCUT2D eigenvalue weighted by Gasteiger charge is -2.10. The van der Waals surface area contributed by atoms with Crippen molar-refractivity contribution in [1.82, 2.24) is 5.32 Å². The maximum Gasteiger partial charge on any atom is 0.221 e. The molecular formula is C14H15BrN2OS. The van der Waals surface area contributed by atoms with Gasteiger partial charge < -0.3 is 10.6 Å². The first kappa shape index (κ1) is 14.2. The minimum Gasteiger partial charge on any atom is -0.326 e. The fourth-order valence-corrected chi connectivity index (χ4v) is 3.21. The van der Waals surface area contributed by atoms with Crippen LogP contribution in [0.2, 0.25) is 0 Å². The van der Waals surface area contributed by atoms with Crippen LogP contribution in [0.15, 0.2) is 40.2 Å². The molecule has 0 bridgehead atoms. The molecule has 1 aromatic carbocycles. The van der Waals surface area contributed by atoms with E-state index in [1.54, 1.807) is 11.3 Å². The van der Waals surface area contributed by atoms with E-state index in [0.717, 1.165) is 28.1 Å². The Hall–Kier alpha value is -1.17. The van der Waals surface area contributed by atoms with Crippen LogP contribution in [0, 0.1) is 0 Å². The Morgan fingerprint density at radius 2 is 2.00 bits per heavy atom. The molecule has 0 unspecified atom stereocenters. The lowest BCUT2D eigenvalue weighted by atomic mass is 10.1. The molecule has 2 N–H and O–H groups in total. The van der Waals surface area contributed by atoms with E-state index in [0.29, 0.717) is 0 Å². The van der Waals surface area contributed by atoms with Crippen molar-refractivity contribution in [2.75, 3.05) is 5.32 Å². The Morgan fingerprint density at radius 3 is 2.68 bits per heavy atom. The Morgan fingerprint density at radius 1 is 1.21 bits per heavy atom. The van der Waals surface area contributed by atoms with Crippen LogP contribution in [-0.2, 0) is 17.9 Å². The molecule has 0 saturated heterocycles. The smallest absolute Gasteiger partial charge is 0.221 e. The standard InChI is InChI=1S/C14H15BrN2OS/c1-10(18)17-13-5-3-2-4-11(13)8-16-9-12-6-7-14(15)19-12/h2-7,16H,8-9H2,1H3,(H,17,18). The van der Waals surface area contributed by atoms with E-state index in [1.807, 2.05) is 30.3 Å². The van der Waals surface area contributed by atoms with Crippen LogP contribution in [0.4, 0.5) is 5.69 Å². The zero-order valence-corrected chi connectivity index (χ0v) is 13.0. The molecule has 1 aromatic heterocycles. The van der Waals surface area contributed by atoms with Crippen molar-refractivity contribution in [2.45, 2.75) is 20.0 Å². The molecular weight excluding hydrogens is 324 g/mol. The van der Waals surface area contributed by atoms with Gasteiger partial charge in [-0.05, 0) is 39.7 Å². The molecule has 5 heteroatoms. The third-order valence-corrected chi connectivity index (χ3v) is 4.20. The molecule has 1 amide bonds. The molecule has 0 aliphatic rings. The van der Waals surface area contributed by atoms with E-state index in [9.17, 15) is 4.79 Å². The number of halogens is 1. The molecule has 0 saturated carbocycles. The summed E-state index contributed by atoms with van der Waals surface area (Å²) in [5.41, 5.74) is 1.96. The molecule has 3 nitrogen and oxygen atoms in total. The number of hydrogen-bond donors (Lipinski definition) is 2. The van der Waals surface area contributed by atoms with E-state index in [-0.39, 0.29) is 5.91 Å². The minimum atomic E-state index is -0.0466. The van der Waals surface area contributed by atoms with E-state index in [4.69, 9.17) is 0 Å².